The summed E-state index contributed by atoms with van der Waals surface area (Å²) in [4.78, 5) is 15.3. The van der Waals surface area contributed by atoms with Gasteiger partial charge in [0, 0.05) is 55.5 Å². The molecule has 2 heterocycles. The number of ether oxygens (including phenoxy) is 1. The number of hydrogen-bond acceptors (Lipinski definition) is 4. The topological polar surface area (TPSA) is 41.6 Å². The van der Waals surface area contributed by atoms with Crippen LogP contribution in [0.2, 0.25) is 0 Å². The summed E-state index contributed by atoms with van der Waals surface area (Å²) < 4.78 is 5.61. The molecular weight excluding hydrogens is 344 g/mol. The van der Waals surface area contributed by atoms with Crippen LogP contribution in [0.4, 0.5) is 0 Å². The Morgan fingerprint density at radius 1 is 1.15 bits per heavy atom. The minimum Gasteiger partial charge on any atom is -0.381 e. The van der Waals surface area contributed by atoms with Crippen LogP contribution in [-0.4, -0.2) is 60.7 Å². The first-order valence-corrected chi connectivity index (χ1v) is 10.9. The van der Waals surface area contributed by atoms with E-state index in [0.717, 1.165) is 44.7 Å². The standard InChI is InChI=1S/C21H32N2O2S/c1-20(2,3)18-6-4-17(5-7-18)19(24)22-16-21(8-12-25-13-9-21)23-10-14-26-15-11-23/h4-7H,8-16H2,1-3H3,(H,22,24). The molecule has 0 radical (unpaired) electrons. The van der Waals surface area contributed by atoms with Crippen LogP contribution in [0.5, 0.6) is 0 Å². The van der Waals surface area contributed by atoms with Gasteiger partial charge in [0.25, 0.3) is 5.91 Å². The molecule has 1 N–H and O–H groups in total. The van der Waals surface area contributed by atoms with Crippen LogP contribution in [0.1, 0.15) is 49.5 Å². The third-order valence-electron chi connectivity index (χ3n) is 5.70. The Labute approximate surface area is 162 Å². The van der Waals surface area contributed by atoms with Crippen molar-refractivity contribution in [3.8, 4) is 0 Å². The minimum atomic E-state index is 0.0303. The molecule has 0 aliphatic carbocycles. The fourth-order valence-electron chi connectivity index (χ4n) is 3.86. The van der Waals surface area contributed by atoms with Gasteiger partial charge in [-0.05, 0) is 36.0 Å². The van der Waals surface area contributed by atoms with E-state index in [1.807, 2.05) is 23.9 Å². The SMILES string of the molecule is CC(C)(C)c1ccc(C(=O)NCC2(N3CCSCC3)CCOCC2)cc1. The molecule has 0 aromatic heterocycles. The summed E-state index contributed by atoms with van der Waals surface area (Å²) in [5.74, 6) is 2.40. The summed E-state index contributed by atoms with van der Waals surface area (Å²) in [5, 5.41) is 3.22. The summed E-state index contributed by atoms with van der Waals surface area (Å²) in [6.45, 7) is 11.1. The van der Waals surface area contributed by atoms with Gasteiger partial charge >= 0.3 is 0 Å². The molecule has 0 bridgehead atoms. The van der Waals surface area contributed by atoms with Gasteiger partial charge in [-0.25, -0.2) is 0 Å². The third kappa shape index (κ3) is 4.62. The highest BCUT2D eigenvalue weighted by atomic mass is 32.2. The van der Waals surface area contributed by atoms with E-state index in [1.54, 1.807) is 0 Å². The smallest absolute Gasteiger partial charge is 0.251 e. The van der Waals surface area contributed by atoms with Gasteiger partial charge < -0.3 is 10.1 Å². The van der Waals surface area contributed by atoms with Crippen molar-refractivity contribution < 1.29 is 9.53 Å². The lowest BCUT2D eigenvalue weighted by Crippen LogP contribution is -2.60. The number of benzene rings is 1. The van der Waals surface area contributed by atoms with Gasteiger partial charge in [-0.15, -0.1) is 0 Å². The lowest BCUT2D eigenvalue weighted by atomic mass is 9.86. The van der Waals surface area contributed by atoms with Gasteiger partial charge in [0.15, 0.2) is 0 Å². The van der Waals surface area contributed by atoms with Gasteiger partial charge in [-0.3, -0.25) is 9.69 Å². The zero-order valence-corrected chi connectivity index (χ0v) is 17.2. The molecule has 2 aliphatic heterocycles. The Balaban J connectivity index is 1.65. The third-order valence-corrected chi connectivity index (χ3v) is 6.64. The van der Waals surface area contributed by atoms with Crippen LogP contribution in [0.15, 0.2) is 24.3 Å². The second-order valence-corrected chi connectivity index (χ2v) is 9.67. The van der Waals surface area contributed by atoms with Crippen LogP contribution in [0.25, 0.3) is 0 Å². The summed E-state index contributed by atoms with van der Waals surface area (Å²) in [6, 6.07) is 8.04. The van der Waals surface area contributed by atoms with E-state index in [-0.39, 0.29) is 16.9 Å². The molecule has 144 valence electrons. The van der Waals surface area contributed by atoms with E-state index in [0.29, 0.717) is 6.54 Å². The maximum absolute atomic E-state index is 12.7. The van der Waals surface area contributed by atoms with Crippen molar-refractivity contribution in [1.29, 1.82) is 0 Å². The molecule has 26 heavy (non-hydrogen) atoms. The van der Waals surface area contributed by atoms with E-state index >= 15 is 0 Å². The van der Waals surface area contributed by atoms with Gasteiger partial charge in [0.05, 0.1) is 0 Å². The maximum atomic E-state index is 12.7. The molecule has 0 atom stereocenters. The first-order chi connectivity index (χ1) is 12.4. The van der Waals surface area contributed by atoms with Crippen molar-refractivity contribution in [2.45, 2.75) is 44.6 Å². The molecule has 1 aromatic carbocycles. The highest BCUT2D eigenvalue weighted by Gasteiger charge is 2.39. The molecule has 4 nitrogen and oxygen atoms in total. The Morgan fingerprint density at radius 3 is 2.35 bits per heavy atom. The monoisotopic (exact) mass is 376 g/mol. The lowest BCUT2D eigenvalue weighted by Gasteiger charge is -2.48. The first-order valence-electron chi connectivity index (χ1n) is 9.70. The van der Waals surface area contributed by atoms with Crippen molar-refractivity contribution in [2.75, 3.05) is 44.4 Å². The highest BCUT2D eigenvalue weighted by molar-refractivity contribution is 7.99. The summed E-state index contributed by atoms with van der Waals surface area (Å²) in [5.41, 5.74) is 2.16. The number of hydrogen-bond donors (Lipinski definition) is 1. The minimum absolute atomic E-state index is 0.0303. The molecule has 2 aliphatic rings. The predicted octanol–water partition coefficient (Wildman–Crippen LogP) is 3.31. The van der Waals surface area contributed by atoms with Gasteiger partial charge in [0.1, 0.15) is 0 Å². The van der Waals surface area contributed by atoms with E-state index in [2.05, 4.69) is 43.1 Å². The summed E-state index contributed by atoms with van der Waals surface area (Å²) in [6.07, 6.45) is 2.00. The molecule has 0 saturated carbocycles. The Bertz CT molecular complexity index is 597. The molecule has 0 unspecified atom stereocenters. The molecule has 2 fully saturated rings. The Hall–Kier alpha value is -1.04. The lowest BCUT2D eigenvalue weighted by molar-refractivity contribution is -0.0237. The average molecular weight is 377 g/mol. The molecule has 3 rings (SSSR count). The number of rotatable bonds is 4. The number of amides is 1. The van der Waals surface area contributed by atoms with E-state index < -0.39 is 0 Å². The molecule has 2 saturated heterocycles. The number of carbonyl (C=O) groups excluding carboxylic acids is 1. The van der Waals surface area contributed by atoms with E-state index in [4.69, 9.17) is 4.74 Å². The molecule has 1 amide bonds. The number of carbonyl (C=O) groups is 1. The van der Waals surface area contributed by atoms with Crippen molar-refractivity contribution in [1.82, 2.24) is 10.2 Å². The van der Waals surface area contributed by atoms with Gasteiger partial charge in [0.2, 0.25) is 0 Å². The molecular formula is C21H32N2O2S. The van der Waals surface area contributed by atoms with Crippen molar-refractivity contribution >= 4 is 17.7 Å². The zero-order valence-electron chi connectivity index (χ0n) is 16.3. The second-order valence-electron chi connectivity index (χ2n) is 8.45. The summed E-state index contributed by atoms with van der Waals surface area (Å²) in [7, 11) is 0. The Kier molecular flexibility index (Phi) is 6.31. The van der Waals surface area contributed by atoms with Crippen LogP contribution >= 0.6 is 11.8 Å². The molecule has 1 aromatic rings. The second kappa shape index (κ2) is 8.32. The fourth-order valence-corrected chi connectivity index (χ4v) is 4.77. The molecule has 0 spiro atoms. The van der Waals surface area contributed by atoms with Crippen LogP contribution in [-0.2, 0) is 10.2 Å². The highest BCUT2D eigenvalue weighted by Crippen LogP contribution is 2.30. The van der Waals surface area contributed by atoms with Crippen molar-refractivity contribution in [3.63, 3.8) is 0 Å². The molecule has 5 heteroatoms. The van der Waals surface area contributed by atoms with Gasteiger partial charge in [-0.1, -0.05) is 32.9 Å². The number of nitrogens with one attached hydrogen (secondary N) is 1. The van der Waals surface area contributed by atoms with Crippen LogP contribution < -0.4 is 5.32 Å². The number of nitrogens with zero attached hydrogens (tertiary/aromatic N) is 1. The van der Waals surface area contributed by atoms with Crippen molar-refractivity contribution in [2.24, 2.45) is 0 Å². The quantitative estimate of drug-likeness (QED) is 0.875. The predicted molar refractivity (Wildman–Crippen MR) is 109 cm³/mol. The van der Waals surface area contributed by atoms with E-state index in [1.165, 1.54) is 17.1 Å². The zero-order chi connectivity index (χ0) is 18.6. The normalized spacial score (nSPS) is 21.3. The fraction of sp³-hybridized carbons (Fsp3) is 0.667. The maximum Gasteiger partial charge on any atom is 0.251 e. The average Bonchev–Trinajstić information content (AvgIpc) is 2.67. The van der Waals surface area contributed by atoms with E-state index in [9.17, 15) is 4.79 Å². The first kappa shape index (κ1) is 19.7. The Morgan fingerprint density at radius 2 is 1.77 bits per heavy atom. The van der Waals surface area contributed by atoms with Crippen LogP contribution in [0.3, 0.4) is 0 Å². The van der Waals surface area contributed by atoms with Crippen LogP contribution in [0, 0.1) is 0 Å². The largest absolute Gasteiger partial charge is 0.381 e. The number of thioether (sulfide) groups is 1. The van der Waals surface area contributed by atoms with Gasteiger partial charge in [-0.2, -0.15) is 11.8 Å². The van der Waals surface area contributed by atoms with Crippen molar-refractivity contribution in [3.05, 3.63) is 35.4 Å². The summed E-state index contributed by atoms with van der Waals surface area (Å²) >= 11 is 2.03.